The number of hydrogen-bond acceptors (Lipinski definition) is 6. The molecule has 4 amide bonds. The number of aromatic hydroxyl groups is 1. The number of anilines is 1. The van der Waals surface area contributed by atoms with Crippen LogP contribution in [0.2, 0.25) is 0 Å². The van der Waals surface area contributed by atoms with Crippen molar-refractivity contribution in [2.45, 2.75) is 25.4 Å². The molecule has 1 aromatic carbocycles. The van der Waals surface area contributed by atoms with Crippen molar-refractivity contribution in [1.29, 1.82) is 0 Å². The number of aromatic nitrogens is 1. The lowest BCUT2D eigenvalue weighted by Gasteiger charge is -2.29. The maximum atomic E-state index is 12.6. The molecule has 9 heteroatoms. The molecule has 2 aliphatic rings. The SMILES string of the molecule is O=C1CCC(N2Cc3cc(NC(=O)c4ccc(O)cn4)ccc3C2=O)C(=O)N1. The fourth-order valence-corrected chi connectivity index (χ4v) is 3.37. The van der Waals surface area contributed by atoms with Crippen LogP contribution >= 0.6 is 0 Å². The second-order valence-corrected chi connectivity index (χ2v) is 6.63. The van der Waals surface area contributed by atoms with E-state index >= 15 is 0 Å². The van der Waals surface area contributed by atoms with E-state index in [1.54, 1.807) is 18.2 Å². The van der Waals surface area contributed by atoms with E-state index in [0.29, 0.717) is 23.2 Å². The predicted octanol–water partition coefficient (Wildman–Crippen LogP) is 0.800. The number of piperidine rings is 1. The first-order chi connectivity index (χ1) is 13.4. The molecule has 3 N–H and O–H groups in total. The highest BCUT2D eigenvalue weighted by Crippen LogP contribution is 2.29. The number of fused-ring (bicyclic) bond motifs is 1. The van der Waals surface area contributed by atoms with Gasteiger partial charge in [-0.15, -0.1) is 0 Å². The molecule has 9 nitrogen and oxygen atoms in total. The first-order valence-corrected chi connectivity index (χ1v) is 8.66. The molecule has 1 aromatic heterocycles. The van der Waals surface area contributed by atoms with E-state index in [2.05, 4.69) is 15.6 Å². The van der Waals surface area contributed by atoms with Crippen molar-refractivity contribution in [2.24, 2.45) is 0 Å². The van der Waals surface area contributed by atoms with Gasteiger partial charge in [-0.2, -0.15) is 0 Å². The van der Waals surface area contributed by atoms with E-state index in [1.165, 1.54) is 23.2 Å². The van der Waals surface area contributed by atoms with Crippen LogP contribution in [0, 0.1) is 0 Å². The highest BCUT2D eigenvalue weighted by Gasteiger charge is 2.39. The van der Waals surface area contributed by atoms with Gasteiger partial charge in [0.2, 0.25) is 11.8 Å². The van der Waals surface area contributed by atoms with Gasteiger partial charge in [0.15, 0.2) is 0 Å². The van der Waals surface area contributed by atoms with E-state index in [4.69, 9.17) is 0 Å². The topological polar surface area (TPSA) is 129 Å². The molecule has 1 atom stereocenters. The van der Waals surface area contributed by atoms with Gasteiger partial charge >= 0.3 is 0 Å². The van der Waals surface area contributed by atoms with Crippen LogP contribution in [0.3, 0.4) is 0 Å². The molecule has 0 saturated carbocycles. The summed E-state index contributed by atoms with van der Waals surface area (Å²) in [7, 11) is 0. The zero-order valence-corrected chi connectivity index (χ0v) is 14.6. The van der Waals surface area contributed by atoms with Gasteiger partial charge in [0, 0.05) is 24.2 Å². The molecular formula is C19H16N4O5. The van der Waals surface area contributed by atoms with Gasteiger partial charge in [0.25, 0.3) is 11.8 Å². The number of nitrogens with one attached hydrogen (secondary N) is 2. The smallest absolute Gasteiger partial charge is 0.274 e. The maximum Gasteiger partial charge on any atom is 0.274 e. The molecule has 1 unspecified atom stereocenters. The average molecular weight is 380 g/mol. The number of pyridine rings is 1. The number of imide groups is 1. The molecule has 2 aromatic rings. The molecule has 1 fully saturated rings. The minimum Gasteiger partial charge on any atom is -0.506 e. The van der Waals surface area contributed by atoms with Crippen LogP contribution in [0.1, 0.15) is 39.3 Å². The summed E-state index contributed by atoms with van der Waals surface area (Å²) in [6.07, 6.45) is 1.66. The summed E-state index contributed by atoms with van der Waals surface area (Å²) in [6.45, 7) is 0.224. The van der Waals surface area contributed by atoms with Crippen molar-refractivity contribution in [3.63, 3.8) is 0 Å². The summed E-state index contributed by atoms with van der Waals surface area (Å²) < 4.78 is 0. The van der Waals surface area contributed by atoms with Crippen LogP contribution in [0.25, 0.3) is 0 Å². The molecule has 3 heterocycles. The Morgan fingerprint density at radius 2 is 2.04 bits per heavy atom. The standard InChI is InChI=1S/C19H16N4O5/c24-12-2-4-14(20-8-12)17(26)21-11-1-3-13-10(7-11)9-23(19(13)28)15-5-6-16(25)22-18(15)27/h1-4,7-8,15,24H,5-6,9H2,(H,21,26)(H,22,25,27). The van der Waals surface area contributed by atoms with Gasteiger partial charge in [-0.1, -0.05) is 0 Å². The summed E-state index contributed by atoms with van der Waals surface area (Å²) in [5.41, 5.74) is 1.77. The van der Waals surface area contributed by atoms with Gasteiger partial charge in [-0.25, -0.2) is 4.98 Å². The number of nitrogens with zero attached hydrogens (tertiary/aromatic N) is 2. The fraction of sp³-hybridized carbons (Fsp3) is 0.211. The zero-order chi connectivity index (χ0) is 19.8. The second kappa shape index (κ2) is 6.76. The third-order valence-electron chi connectivity index (χ3n) is 4.76. The molecule has 4 rings (SSSR count). The first kappa shape index (κ1) is 17.7. The summed E-state index contributed by atoms with van der Waals surface area (Å²) >= 11 is 0. The summed E-state index contributed by atoms with van der Waals surface area (Å²) in [5, 5.41) is 14.2. The Hall–Kier alpha value is -3.75. The number of hydrogen-bond donors (Lipinski definition) is 3. The highest BCUT2D eigenvalue weighted by molar-refractivity contribution is 6.06. The first-order valence-electron chi connectivity index (χ1n) is 8.66. The van der Waals surface area contributed by atoms with Crippen molar-refractivity contribution in [3.8, 4) is 5.75 Å². The lowest BCUT2D eigenvalue weighted by molar-refractivity contribution is -0.136. The minimum absolute atomic E-state index is 0.0406. The normalized spacial score (nSPS) is 18.6. The third kappa shape index (κ3) is 3.18. The fourth-order valence-electron chi connectivity index (χ4n) is 3.37. The van der Waals surface area contributed by atoms with Crippen LogP contribution in [0.4, 0.5) is 5.69 Å². The Morgan fingerprint density at radius 3 is 2.75 bits per heavy atom. The van der Waals surface area contributed by atoms with Crippen LogP contribution in [-0.4, -0.2) is 44.7 Å². The Balaban J connectivity index is 1.51. The van der Waals surface area contributed by atoms with Crippen molar-refractivity contribution in [2.75, 3.05) is 5.32 Å². The van der Waals surface area contributed by atoms with E-state index in [9.17, 15) is 24.3 Å². The van der Waals surface area contributed by atoms with Gasteiger partial charge < -0.3 is 15.3 Å². The molecule has 2 aliphatic heterocycles. The summed E-state index contributed by atoms with van der Waals surface area (Å²) in [4.78, 5) is 53.6. The van der Waals surface area contributed by atoms with E-state index in [0.717, 1.165) is 0 Å². The monoisotopic (exact) mass is 380 g/mol. The van der Waals surface area contributed by atoms with Crippen molar-refractivity contribution >= 4 is 29.3 Å². The quantitative estimate of drug-likeness (QED) is 0.676. The Bertz CT molecular complexity index is 1000. The van der Waals surface area contributed by atoms with E-state index < -0.39 is 17.9 Å². The maximum absolute atomic E-state index is 12.6. The summed E-state index contributed by atoms with van der Waals surface area (Å²) in [6, 6.07) is 6.95. The molecule has 0 radical (unpaired) electrons. The highest BCUT2D eigenvalue weighted by atomic mass is 16.3. The minimum atomic E-state index is -0.683. The van der Waals surface area contributed by atoms with Gasteiger partial charge in [-0.05, 0) is 42.3 Å². The van der Waals surface area contributed by atoms with Crippen LogP contribution in [0.15, 0.2) is 36.5 Å². The lowest BCUT2D eigenvalue weighted by Crippen LogP contribution is -2.52. The van der Waals surface area contributed by atoms with Crippen molar-refractivity contribution in [3.05, 3.63) is 53.3 Å². The van der Waals surface area contributed by atoms with Gasteiger partial charge in [0.05, 0.1) is 6.20 Å². The number of carbonyl (C=O) groups is 4. The Labute approximate surface area is 159 Å². The van der Waals surface area contributed by atoms with Gasteiger partial charge in [0.1, 0.15) is 17.5 Å². The lowest BCUT2D eigenvalue weighted by atomic mass is 10.0. The molecule has 0 bridgehead atoms. The van der Waals surface area contributed by atoms with Crippen molar-refractivity contribution in [1.82, 2.24) is 15.2 Å². The molecule has 0 aliphatic carbocycles. The molecule has 142 valence electrons. The van der Waals surface area contributed by atoms with Gasteiger partial charge in [-0.3, -0.25) is 24.5 Å². The zero-order valence-electron chi connectivity index (χ0n) is 14.6. The second-order valence-electron chi connectivity index (χ2n) is 6.63. The van der Waals surface area contributed by atoms with Crippen LogP contribution < -0.4 is 10.6 Å². The number of amides is 4. The van der Waals surface area contributed by atoms with E-state index in [1.807, 2.05) is 0 Å². The summed E-state index contributed by atoms with van der Waals surface area (Å²) in [5.74, 6) is -1.57. The molecule has 28 heavy (non-hydrogen) atoms. The van der Waals surface area contributed by atoms with Crippen LogP contribution in [0.5, 0.6) is 5.75 Å². The van der Waals surface area contributed by atoms with Crippen LogP contribution in [-0.2, 0) is 16.1 Å². The molecule has 0 spiro atoms. The largest absolute Gasteiger partial charge is 0.506 e. The third-order valence-corrected chi connectivity index (χ3v) is 4.76. The van der Waals surface area contributed by atoms with Crippen molar-refractivity contribution < 1.29 is 24.3 Å². The molecule has 1 saturated heterocycles. The Kier molecular flexibility index (Phi) is 4.26. The number of carbonyl (C=O) groups excluding carboxylic acids is 4. The number of benzene rings is 1. The Morgan fingerprint density at radius 1 is 1.21 bits per heavy atom. The predicted molar refractivity (Wildman–Crippen MR) is 96.3 cm³/mol. The number of rotatable bonds is 3. The molecular weight excluding hydrogens is 364 g/mol. The average Bonchev–Trinajstić information content (AvgIpc) is 2.98. The van der Waals surface area contributed by atoms with E-state index in [-0.39, 0.29) is 36.2 Å².